The smallest absolute Gasteiger partial charge is 0.258 e. The van der Waals surface area contributed by atoms with E-state index in [9.17, 15) is 8.78 Å². The largest absolute Gasteiger partial charge is 0.388 e. The van der Waals surface area contributed by atoms with E-state index in [4.69, 9.17) is 19.6 Å². The number of alkyl halides is 2. The Morgan fingerprint density at radius 1 is 1.02 bits per heavy atom. The standard InChI is InChI=1S/C29H45F2N5O2Si2/c1-28-17-24-21(16-25(28)29(28,30)31)26(34-36(24)19-38-12-14-40(6,7)8)27-33-22-15-20(32-2)9-10-23(22)35(27)18-37-11-13-39(3,4)5/h9-10,15,25,32H,11-14,16-19H2,1-8H3. The van der Waals surface area contributed by atoms with E-state index in [2.05, 4.69) is 49.2 Å². The molecule has 0 aliphatic heterocycles. The molecule has 1 saturated carbocycles. The monoisotopic (exact) mass is 589 g/mol. The molecule has 1 aromatic carbocycles. The molecule has 0 radical (unpaired) electrons. The highest BCUT2D eigenvalue weighted by molar-refractivity contribution is 6.76. The Morgan fingerprint density at radius 3 is 2.30 bits per heavy atom. The number of anilines is 1. The van der Waals surface area contributed by atoms with Gasteiger partial charge in [0.1, 0.15) is 19.2 Å². The van der Waals surface area contributed by atoms with Crippen molar-refractivity contribution in [3.8, 4) is 11.5 Å². The molecule has 0 bridgehead atoms. The second-order valence-corrected chi connectivity index (χ2v) is 25.5. The third-order valence-corrected chi connectivity index (χ3v) is 12.1. The summed E-state index contributed by atoms with van der Waals surface area (Å²) in [6.07, 6.45) is 0.589. The molecule has 11 heteroatoms. The Balaban J connectivity index is 1.53. The van der Waals surface area contributed by atoms with Crippen LogP contribution < -0.4 is 5.32 Å². The number of fused-ring (bicyclic) bond motifs is 3. The van der Waals surface area contributed by atoms with Gasteiger partial charge in [-0.25, -0.2) is 18.4 Å². The Labute approximate surface area is 238 Å². The number of rotatable bonds is 12. The lowest BCUT2D eigenvalue weighted by Crippen LogP contribution is -2.23. The zero-order chi connectivity index (χ0) is 29.1. The minimum absolute atomic E-state index is 0.260. The molecule has 2 atom stereocenters. The predicted molar refractivity (Wildman–Crippen MR) is 163 cm³/mol. The average Bonchev–Trinajstić information content (AvgIpc) is 3.15. The van der Waals surface area contributed by atoms with Gasteiger partial charge in [0.15, 0.2) is 5.82 Å². The molecule has 7 nitrogen and oxygen atoms in total. The van der Waals surface area contributed by atoms with Gasteiger partial charge >= 0.3 is 0 Å². The number of ether oxygens (including phenoxy) is 2. The number of imidazole rings is 1. The molecule has 0 spiro atoms. The molecular weight excluding hydrogens is 545 g/mol. The van der Waals surface area contributed by atoms with Crippen molar-refractivity contribution in [3.05, 3.63) is 29.5 Å². The summed E-state index contributed by atoms with van der Waals surface area (Å²) in [6.45, 7) is 17.6. The number of hydrogen-bond acceptors (Lipinski definition) is 5. The summed E-state index contributed by atoms with van der Waals surface area (Å²) in [6, 6.07) is 8.16. The molecular formula is C29H45F2N5O2Si2. The molecule has 1 N–H and O–H groups in total. The van der Waals surface area contributed by atoms with Crippen LogP contribution in [0.4, 0.5) is 14.5 Å². The Morgan fingerprint density at radius 2 is 1.68 bits per heavy atom. The maximum Gasteiger partial charge on any atom is 0.258 e. The van der Waals surface area contributed by atoms with Gasteiger partial charge in [-0.2, -0.15) is 5.10 Å². The quantitative estimate of drug-likeness (QED) is 0.183. The van der Waals surface area contributed by atoms with Crippen LogP contribution in [0.5, 0.6) is 0 Å². The summed E-state index contributed by atoms with van der Waals surface area (Å²) in [5, 5.41) is 8.19. The molecule has 220 valence electrons. The van der Waals surface area contributed by atoms with Gasteiger partial charge in [-0.05, 0) is 36.7 Å². The van der Waals surface area contributed by atoms with Gasteiger partial charge in [-0.3, -0.25) is 4.57 Å². The van der Waals surface area contributed by atoms with Crippen molar-refractivity contribution >= 4 is 32.9 Å². The van der Waals surface area contributed by atoms with Crippen LogP contribution in [0, 0.1) is 11.3 Å². The van der Waals surface area contributed by atoms with E-state index in [0.717, 1.165) is 40.1 Å². The fourth-order valence-corrected chi connectivity index (χ4v) is 7.23. The van der Waals surface area contributed by atoms with Crippen molar-refractivity contribution in [1.29, 1.82) is 0 Å². The minimum Gasteiger partial charge on any atom is -0.388 e. The van der Waals surface area contributed by atoms with Gasteiger partial charge in [-0.15, -0.1) is 0 Å². The lowest BCUT2D eigenvalue weighted by molar-refractivity contribution is 0.0591. The van der Waals surface area contributed by atoms with Gasteiger partial charge in [0, 0.05) is 71.1 Å². The number of aromatic nitrogens is 4. The average molecular weight is 590 g/mol. The number of benzene rings is 1. The summed E-state index contributed by atoms with van der Waals surface area (Å²) in [7, 11) is -0.620. The van der Waals surface area contributed by atoms with E-state index in [1.165, 1.54) is 0 Å². The van der Waals surface area contributed by atoms with Crippen molar-refractivity contribution < 1.29 is 18.3 Å². The SMILES string of the molecule is CNc1ccc2c(c1)nc(-c1nn(COCC[Si](C)(C)C)c3c1CC1C(F)(F)C1(C)C3)n2COCC[Si](C)(C)C. The number of nitrogens with one attached hydrogen (secondary N) is 1. The minimum atomic E-state index is -2.67. The molecule has 5 rings (SSSR count). The van der Waals surface area contributed by atoms with Crippen LogP contribution in [0.2, 0.25) is 51.4 Å². The zero-order valence-electron chi connectivity index (χ0n) is 25.3. The summed E-state index contributed by atoms with van der Waals surface area (Å²) < 4.78 is 46.1. The van der Waals surface area contributed by atoms with E-state index in [1.54, 1.807) is 6.92 Å². The Bertz CT molecular complexity index is 1390. The number of halogens is 2. The van der Waals surface area contributed by atoms with Gasteiger partial charge in [-0.1, -0.05) is 46.2 Å². The molecule has 40 heavy (non-hydrogen) atoms. The van der Waals surface area contributed by atoms with E-state index in [-0.39, 0.29) is 6.73 Å². The van der Waals surface area contributed by atoms with Crippen LogP contribution >= 0.6 is 0 Å². The molecule has 2 aromatic heterocycles. The summed E-state index contributed by atoms with van der Waals surface area (Å²) in [4.78, 5) is 5.01. The van der Waals surface area contributed by atoms with Gasteiger partial charge < -0.3 is 14.8 Å². The number of nitrogens with zero attached hydrogens (tertiary/aromatic N) is 4. The second kappa shape index (κ2) is 10.3. The fourth-order valence-electron chi connectivity index (χ4n) is 5.71. The van der Waals surface area contributed by atoms with Crippen LogP contribution in [0.25, 0.3) is 22.6 Å². The van der Waals surface area contributed by atoms with Crippen molar-refractivity contribution in [1.82, 2.24) is 19.3 Å². The Hall–Kier alpha value is -2.09. The summed E-state index contributed by atoms with van der Waals surface area (Å²) in [5.74, 6) is -2.67. The molecule has 0 amide bonds. The van der Waals surface area contributed by atoms with Crippen LogP contribution in [0.1, 0.15) is 18.2 Å². The van der Waals surface area contributed by atoms with Crippen molar-refractivity contribution in [2.45, 2.75) is 90.5 Å². The van der Waals surface area contributed by atoms with E-state index >= 15 is 0 Å². The molecule has 2 heterocycles. The van der Waals surface area contributed by atoms with Crippen molar-refractivity contribution in [2.24, 2.45) is 11.3 Å². The summed E-state index contributed by atoms with van der Waals surface area (Å²) in [5.41, 5.74) is 4.10. The van der Waals surface area contributed by atoms with E-state index in [1.807, 2.05) is 29.9 Å². The first-order valence-corrected chi connectivity index (χ1v) is 21.9. The lowest BCUT2D eigenvalue weighted by Gasteiger charge is -2.19. The third-order valence-electron chi connectivity index (χ3n) is 8.67. The van der Waals surface area contributed by atoms with Crippen LogP contribution in [0.3, 0.4) is 0 Å². The highest BCUT2D eigenvalue weighted by atomic mass is 28.3. The molecule has 2 aliphatic rings. The molecule has 3 aromatic rings. The topological polar surface area (TPSA) is 66.1 Å². The maximum atomic E-state index is 15.0. The van der Waals surface area contributed by atoms with Gasteiger partial charge in [0.2, 0.25) is 0 Å². The maximum absolute atomic E-state index is 15.0. The lowest BCUT2D eigenvalue weighted by atomic mass is 9.87. The third kappa shape index (κ3) is 5.54. The van der Waals surface area contributed by atoms with Crippen LogP contribution in [0.15, 0.2) is 18.2 Å². The van der Waals surface area contributed by atoms with E-state index < -0.39 is 33.4 Å². The fraction of sp³-hybridized carbons (Fsp3) is 0.655. The first kappa shape index (κ1) is 29.4. The summed E-state index contributed by atoms with van der Waals surface area (Å²) >= 11 is 0. The Kier molecular flexibility index (Phi) is 7.59. The first-order chi connectivity index (χ1) is 18.6. The zero-order valence-corrected chi connectivity index (χ0v) is 27.3. The predicted octanol–water partition coefficient (Wildman–Crippen LogP) is 6.94. The number of hydrogen-bond donors (Lipinski definition) is 1. The molecule has 2 unspecified atom stereocenters. The van der Waals surface area contributed by atoms with E-state index in [0.29, 0.717) is 44.3 Å². The van der Waals surface area contributed by atoms with Gasteiger partial charge in [0.25, 0.3) is 5.92 Å². The molecule has 0 saturated heterocycles. The van der Waals surface area contributed by atoms with Crippen LogP contribution in [-0.2, 0) is 35.8 Å². The molecule has 1 fully saturated rings. The highest BCUT2D eigenvalue weighted by Gasteiger charge is 2.78. The van der Waals surface area contributed by atoms with Gasteiger partial charge in [0.05, 0.1) is 11.0 Å². The van der Waals surface area contributed by atoms with Crippen LogP contribution in [-0.4, -0.2) is 61.7 Å². The second-order valence-electron chi connectivity index (χ2n) is 14.3. The first-order valence-electron chi connectivity index (χ1n) is 14.4. The van der Waals surface area contributed by atoms with Crippen molar-refractivity contribution in [2.75, 3.05) is 25.6 Å². The normalized spacial score (nSPS) is 21.9. The van der Waals surface area contributed by atoms with Crippen molar-refractivity contribution in [3.63, 3.8) is 0 Å². The highest BCUT2D eigenvalue weighted by Crippen LogP contribution is 2.70. The molecule has 2 aliphatic carbocycles.